The number of hydrogen-bond acceptors (Lipinski definition) is 2. The number of rotatable bonds is 4. The molecule has 0 aromatic heterocycles. The Bertz CT molecular complexity index is 292. The lowest BCUT2D eigenvalue weighted by Crippen LogP contribution is -2.48. The normalized spacial score (nSPS) is 34.9. The molecule has 1 aliphatic carbocycles. The summed E-state index contributed by atoms with van der Waals surface area (Å²) in [6, 6.07) is 1.06. The molecule has 2 aliphatic rings. The van der Waals surface area contributed by atoms with E-state index in [0.717, 1.165) is 37.8 Å². The van der Waals surface area contributed by atoms with Gasteiger partial charge in [-0.1, -0.05) is 20.3 Å². The van der Waals surface area contributed by atoms with Gasteiger partial charge in [0.05, 0.1) is 0 Å². The molecule has 0 radical (unpaired) electrons. The van der Waals surface area contributed by atoms with Crippen LogP contribution in [-0.2, 0) is 4.79 Å². The lowest BCUT2D eigenvalue weighted by Gasteiger charge is -2.36. The van der Waals surface area contributed by atoms with E-state index in [1.807, 2.05) is 4.90 Å². The molecule has 1 saturated carbocycles. The van der Waals surface area contributed by atoms with Crippen molar-refractivity contribution in [3.05, 3.63) is 0 Å². The summed E-state index contributed by atoms with van der Waals surface area (Å²) in [6.45, 7) is 8.78. The van der Waals surface area contributed by atoms with Gasteiger partial charge in [0.2, 0.25) is 5.91 Å². The van der Waals surface area contributed by atoms with Gasteiger partial charge in [-0.3, -0.25) is 4.79 Å². The molecule has 0 spiro atoms. The van der Waals surface area contributed by atoms with Crippen LogP contribution in [0, 0.1) is 11.8 Å². The van der Waals surface area contributed by atoms with Gasteiger partial charge in [0.1, 0.15) is 0 Å². The van der Waals surface area contributed by atoms with Crippen LogP contribution in [0.3, 0.4) is 0 Å². The zero-order valence-electron chi connectivity index (χ0n) is 12.1. The van der Waals surface area contributed by atoms with E-state index >= 15 is 0 Å². The largest absolute Gasteiger partial charge is 0.341 e. The summed E-state index contributed by atoms with van der Waals surface area (Å²) in [5.41, 5.74) is 0. The van der Waals surface area contributed by atoms with Gasteiger partial charge >= 0.3 is 0 Å². The molecule has 3 heteroatoms. The Balaban J connectivity index is 1.79. The molecule has 1 amide bonds. The van der Waals surface area contributed by atoms with Crippen LogP contribution in [-0.4, -0.2) is 36.0 Å². The van der Waals surface area contributed by atoms with Crippen LogP contribution in [0.15, 0.2) is 0 Å². The Morgan fingerprint density at radius 3 is 2.83 bits per heavy atom. The van der Waals surface area contributed by atoms with E-state index in [-0.39, 0.29) is 0 Å². The molecule has 1 N–H and O–H groups in total. The molecule has 18 heavy (non-hydrogen) atoms. The van der Waals surface area contributed by atoms with Crippen LogP contribution in [0.5, 0.6) is 0 Å². The van der Waals surface area contributed by atoms with Crippen LogP contribution in [0.1, 0.15) is 52.9 Å². The predicted molar refractivity (Wildman–Crippen MR) is 74.4 cm³/mol. The molecular weight excluding hydrogens is 224 g/mol. The monoisotopic (exact) mass is 252 g/mol. The third kappa shape index (κ3) is 3.47. The standard InChI is InChI=1S/C15H28N2O/c1-11-6-7-12(2)14(9-11)16-13(3)10-17-8-4-5-15(17)18/h11-14,16H,4-10H2,1-3H3. The summed E-state index contributed by atoms with van der Waals surface area (Å²) in [5, 5.41) is 3.75. The Hall–Kier alpha value is -0.570. The minimum Gasteiger partial charge on any atom is -0.341 e. The molecule has 0 bridgehead atoms. The number of nitrogens with zero attached hydrogens (tertiary/aromatic N) is 1. The summed E-state index contributed by atoms with van der Waals surface area (Å²) < 4.78 is 0. The molecule has 1 saturated heterocycles. The highest BCUT2D eigenvalue weighted by atomic mass is 16.2. The van der Waals surface area contributed by atoms with Gasteiger partial charge in [-0.25, -0.2) is 0 Å². The summed E-state index contributed by atoms with van der Waals surface area (Å²) in [6.07, 6.45) is 5.80. The minimum atomic E-state index is 0.341. The maximum absolute atomic E-state index is 11.6. The summed E-state index contributed by atoms with van der Waals surface area (Å²) in [7, 11) is 0. The van der Waals surface area contributed by atoms with Gasteiger partial charge in [-0.2, -0.15) is 0 Å². The fourth-order valence-electron chi connectivity index (χ4n) is 3.41. The van der Waals surface area contributed by atoms with Crippen molar-refractivity contribution in [1.82, 2.24) is 10.2 Å². The summed E-state index contributed by atoms with van der Waals surface area (Å²) in [4.78, 5) is 13.6. The lowest BCUT2D eigenvalue weighted by molar-refractivity contribution is -0.128. The molecule has 2 rings (SSSR count). The van der Waals surface area contributed by atoms with Gasteiger partial charge in [-0.05, 0) is 38.0 Å². The first-order valence-electron chi connectivity index (χ1n) is 7.60. The van der Waals surface area contributed by atoms with Crippen molar-refractivity contribution >= 4 is 5.91 Å². The maximum Gasteiger partial charge on any atom is 0.222 e. The highest BCUT2D eigenvalue weighted by Crippen LogP contribution is 2.28. The van der Waals surface area contributed by atoms with Crippen molar-refractivity contribution in [3.8, 4) is 0 Å². The van der Waals surface area contributed by atoms with Crippen LogP contribution in [0.2, 0.25) is 0 Å². The number of carbonyl (C=O) groups excluding carboxylic acids is 1. The SMILES string of the molecule is CC1CCC(C)C(NC(C)CN2CCCC2=O)C1. The number of nitrogens with one attached hydrogen (secondary N) is 1. The first kappa shape index (κ1) is 13.9. The number of carbonyl (C=O) groups is 1. The van der Waals surface area contributed by atoms with E-state index in [4.69, 9.17) is 0 Å². The van der Waals surface area contributed by atoms with Crippen LogP contribution in [0.25, 0.3) is 0 Å². The lowest BCUT2D eigenvalue weighted by atomic mass is 9.80. The average Bonchev–Trinajstić information content (AvgIpc) is 2.70. The van der Waals surface area contributed by atoms with E-state index < -0.39 is 0 Å². The molecule has 0 aromatic rings. The fraction of sp³-hybridized carbons (Fsp3) is 0.933. The van der Waals surface area contributed by atoms with Crippen molar-refractivity contribution in [2.75, 3.05) is 13.1 Å². The van der Waals surface area contributed by atoms with Gasteiger partial charge in [0.25, 0.3) is 0 Å². The second-order valence-electron chi connectivity index (χ2n) is 6.51. The molecule has 1 heterocycles. The zero-order chi connectivity index (χ0) is 13.1. The Morgan fingerprint density at radius 2 is 2.17 bits per heavy atom. The third-order valence-corrected chi connectivity index (χ3v) is 4.62. The van der Waals surface area contributed by atoms with Crippen molar-refractivity contribution < 1.29 is 4.79 Å². The number of amides is 1. The van der Waals surface area contributed by atoms with Crippen molar-refractivity contribution in [2.45, 2.75) is 65.0 Å². The Morgan fingerprint density at radius 1 is 1.39 bits per heavy atom. The molecule has 1 aliphatic heterocycles. The second kappa shape index (κ2) is 6.05. The summed E-state index contributed by atoms with van der Waals surface area (Å²) >= 11 is 0. The van der Waals surface area contributed by atoms with E-state index in [0.29, 0.717) is 18.0 Å². The van der Waals surface area contributed by atoms with Crippen molar-refractivity contribution in [1.29, 1.82) is 0 Å². The molecule has 4 atom stereocenters. The Labute approximate surface area is 111 Å². The van der Waals surface area contributed by atoms with E-state index in [1.54, 1.807) is 0 Å². The molecule has 3 nitrogen and oxygen atoms in total. The second-order valence-corrected chi connectivity index (χ2v) is 6.51. The van der Waals surface area contributed by atoms with Crippen molar-refractivity contribution in [3.63, 3.8) is 0 Å². The molecule has 2 fully saturated rings. The van der Waals surface area contributed by atoms with E-state index in [1.165, 1.54) is 19.3 Å². The smallest absolute Gasteiger partial charge is 0.222 e. The van der Waals surface area contributed by atoms with Gasteiger partial charge in [0, 0.05) is 31.6 Å². The molecule has 0 aromatic carbocycles. The quantitative estimate of drug-likeness (QED) is 0.833. The third-order valence-electron chi connectivity index (χ3n) is 4.62. The van der Waals surface area contributed by atoms with E-state index in [2.05, 4.69) is 26.1 Å². The first-order valence-corrected chi connectivity index (χ1v) is 7.60. The number of hydrogen-bond donors (Lipinski definition) is 1. The first-order chi connectivity index (χ1) is 8.56. The average molecular weight is 252 g/mol. The Kier molecular flexibility index (Phi) is 4.66. The fourth-order valence-corrected chi connectivity index (χ4v) is 3.41. The predicted octanol–water partition coefficient (Wildman–Crippen LogP) is 2.41. The van der Waals surface area contributed by atoms with Crippen LogP contribution in [0.4, 0.5) is 0 Å². The zero-order valence-corrected chi connectivity index (χ0v) is 12.1. The van der Waals surface area contributed by atoms with Gasteiger partial charge in [0.15, 0.2) is 0 Å². The maximum atomic E-state index is 11.6. The highest BCUT2D eigenvalue weighted by Gasteiger charge is 2.28. The van der Waals surface area contributed by atoms with Crippen LogP contribution >= 0.6 is 0 Å². The van der Waals surface area contributed by atoms with Gasteiger partial charge < -0.3 is 10.2 Å². The topological polar surface area (TPSA) is 32.3 Å². The highest BCUT2D eigenvalue weighted by molar-refractivity contribution is 5.78. The van der Waals surface area contributed by atoms with Crippen LogP contribution < -0.4 is 5.32 Å². The molecular formula is C15H28N2O. The minimum absolute atomic E-state index is 0.341. The van der Waals surface area contributed by atoms with E-state index in [9.17, 15) is 4.79 Å². The van der Waals surface area contributed by atoms with Gasteiger partial charge in [-0.15, -0.1) is 0 Å². The summed E-state index contributed by atoms with van der Waals surface area (Å²) in [5.74, 6) is 1.96. The molecule has 104 valence electrons. The number of likely N-dealkylation sites (tertiary alicyclic amines) is 1. The van der Waals surface area contributed by atoms with Crippen molar-refractivity contribution in [2.24, 2.45) is 11.8 Å². The molecule has 4 unspecified atom stereocenters.